The molecule has 102 valence electrons. The first-order chi connectivity index (χ1) is 9.24. The van der Waals surface area contributed by atoms with E-state index in [1.54, 1.807) is 12.1 Å². The molecule has 1 fully saturated rings. The zero-order chi connectivity index (χ0) is 13.7. The third-order valence-electron chi connectivity index (χ3n) is 3.78. The van der Waals surface area contributed by atoms with Gasteiger partial charge in [0.2, 0.25) is 0 Å². The maximum absolute atomic E-state index is 13.7. The van der Waals surface area contributed by atoms with Crippen molar-refractivity contribution in [3.63, 3.8) is 0 Å². The topological polar surface area (TPSA) is 39.1 Å². The predicted molar refractivity (Wildman–Crippen MR) is 73.1 cm³/mol. The van der Waals surface area contributed by atoms with Gasteiger partial charge in [-0.1, -0.05) is 13.0 Å². The first kappa shape index (κ1) is 14.0. The Balaban J connectivity index is 1.84. The van der Waals surface area contributed by atoms with Crippen molar-refractivity contribution in [2.24, 2.45) is 0 Å². The second-order valence-electron chi connectivity index (χ2n) is 4.97. The fraction of sp³-hybridized carbons (Fsp3) is 0.533. The van der Waals surface area contributed by atoms with Crippen LogP contribution in [-0.2, 0) is 6.54 Å². The molecule has 1 atom stereocenters. The number of hydrogen-bond donors (Lipinski definition) is 1. The van der Waals surface area contributed by atoms with E-state index in [9.17, 15) is 4.39 Å². The second-order valence-corrected chi connectivity index (χ2v) is 4.97. The summed E-state index contributed by atoms with van der Waals surface area (Å²) in [4.78, 5) is 2.46. The van der Waals surface area contributed by atoms with Crippen molar-refractivity contribution < 1.29 is 4.39 Å². The smallest absolute Gasteiger partial charge is 0.129 e. The lowest BCUT2D eigenvalue weighted by Gasteiger charge is -2.23. The lowest BCUT2D eigenvalue weighted by molar-refractivity contribution is 0.259. The molecule has 2 rings (SSSR count). The third-order valence-corrected chi connectivity index (χ3v) is 3.78. The minimum absolute atomic E-state index is 0.301. The highest BCUT2D eigenvalue weighted by molar-refractivity contribution is 5.32. The summed E-state index contributed by atoms with van der Waals surface area (Å²) in [6, 6.07) is 7.16. The van der Waals surface area contributed by atoms with Crippen molar-refractivity contribution in [1.82, 2.24) is 10.2 Å². The van der Waals surface area contributed by atoms with Gasteiger partial charge in [-0.05, 0) is 38.1 Å². The Hall–Kier alpha value is -1.44. The highest BCUT2D eigenvalue weighted by Crippen LogP contribution is 2.16. The lowest BCUT2D eigenvalue weighted by atomic mass is 10.1. The van der Waals surface area contributed by atoms with Crippen LogP contribution in [0.3, 0.4) is 0 Å². The average Bonchev–Trinajstić information content (AvgIpc) is 2.88. The van der Waals surface area contributed by atoms with E-state index in [4.69, 9.17) is 5.26 Å². The first-order valence-electron chi connectivity index (χ1n) is 6.88. The van der Waals surface area contributed by atoms with Crippen molar-refractivity contribution in [3.8, 4) is 6.07 Å². The molecular weight excluding hydrogens is 241 g/mol. The van der Waals surface area contributed by atoms with E-state index in [0.29, 0.717) is 23.7 Å². The Morgan fingerprint density at radius 2 is 2.37 bits per heavy atom. The summed E-state index contributed by atoms with van der Waals surface area (Å²) in [5.41, 5.74) is 0.995. The van der Waals surface area contributed by atoms with Gasteiger partial charge >= 0.3 is 0 Å². The second kappa shape index (κ2) is 6.65. The summed E-state index contributed by atoms with van der Waals surface area (Å²) in [6.45, 7) is 5.85. The van der Waals surface area contributed by atoms with Crippen molar-refractivity contribution in [2.45, 2.75) is 32.4 Å². The minimum Gasteiger partial charge on any atom is -0.311 e. The van der Waals surface area contributed by atoms with Crippen molar-refractivity contribution >= 4 is 0 Å². The number of likely N-dealkylation sites (N-methyl/N-ethyl adjacent to an activating group) is 1. The van der Waals surface area contributed by atoms with E-state index in [-0.39, 0.29) is 5.82 Å². The van der Waals surface area contributed by atoms with Gasteiger partial charge in [-0.2, -0.15) is 5.26 Å². The van der Waals surface area contributed by atoms with Gasteiger partial charge in [-0.3, -0.25) is 4.90 Å². The van der Waals surface area contributed by atoms with Crippen molar-refractivity contribution in [2.75, 3.05) is 19.6 Å². The largest absolute Gasteiger partial charge is 0.311 e. The highest BCUT2D eigenvalue weighted by atomic mass is 19.1. The maximum Gasteiger partial charge on any atom is 0.129 e. The fourth-order valence-electron chi connectivity index (χ4n) is 2.68. The molecule has 4 heteroatoms. The molecule has 1 unspecified atom stereocenters. The van der Waals surface area contributed by atoms with E-state index >= 15 is 0 Å². The Bertz CT molecular complexity index is 467. The van der Waals surface area contributed by atoms with Crippen LogP contribution in [0.25, 0.3) is 0 Å². The fourth-order valence-corrected chi connectivity index (χ4v) is 2.68. The zero-order valence-corrected chi connectivity index (χ0v) is 11.3. The number of halogens is 1. The number of nitrogens with zero attached hydrogens (tertiary/aromatic N) is 2. The molecule has 1 N–H and O–H groups in total. The molecule has 0 amide bonds. The van der Waals surface area contributed by atoms with Gasteiger partial charge in [0.1, 0.15) is 5.82 Å². The van der Waals surface area contributed by atoms with Crippen LogP contribution in [0.2, 0.25) is 0 Å². The molecule has 0 spiro atoms. The van der Waals surface area contributed by atoms with Gasteiger partial charge in [0, 0.05) is 24.7 Å². The van der Waals surface area contributed by atoms with E-state index in [1.165, 1.54) is 25.5 Å². The highest BCUT2D eigenvalue weighted by Gasteiger charge is 2.22. The Kier molecular flexibility index (Phi) is 4.89. The minimum atomic E-state index is -0.301. The molecule has 1 saturated heterocycles. The molecule has 0 radical (unpaired) electrons. The van der Waals surface area contributed by atoms with Crippen LogP contribution in [0.1, 0.15) is 30.9 Å². The molecule has 0 bridgehead atoms. The molecule has 1 aliphatic heterocycles. The van der Waals surface area contributed by atoms with Crippen molar-refractivity contribution in [3.05, 3.63) is 35.1 Å². The predicted octanol–water partition coefficient (Wildman–Crippen LogP) is 2.27. The molecule has 0 aromatic heterocycles. The van der Waals surface area contributed by atoms with Crippen LogP contribution in [0, 0.1) is 17.1 Å². The summed E-state index contributed by atoms with van der Waals surface area (Å²) in [7, 11) is 0. The number of benzene rings is 1. The normalized spacial score (nSPS) is 19.5. The number of nitriles is 1. The maximum atomic E-state index is 13.7. The molecule has 0 saturated carbocycles. The third kappa shape index (κ3) is 3.52. The number of nitrogens with one attached hydrogen (secondary N) is 1. The Morgan fingerprint density at radius 1 is 1.53 bits per heavy atom. The summed E-state index contributed by atoms with van der Waals surface area (Å²) < 4.78 is 13.7. The van der Waals surface area contributed by atoms with Gasteiger partial charge in [0.15, 0.2) is 0 Å². The lowest BCUT2D eigenvalue weighted by Crippen LogP contribution is -2.37. The molecule has 1 aliphatic rings. The van der Waals surface area contributed by atoms with Crippen LogP contribution in [0.5, 0.6) is 0 Å². The molecule has 0 aliphatic carbocycles. The Labute approximate surface area is 114 Å². The quantitative estimate of drug-likeness (QED) is 0.883. The first-order valence-corrected chi connectivity index (χ1v) is 6.88. The average molecular weight is 261 g/mol. The molecule has 1 aromatic rings. The monoisotopic (exact) mass is 261 g/mol. The van der Waals surface area contributed by atoms with E-state index in [2.05, 4.69) is 17.1 Å². The van der Waals surface area contributed by atoms with Gasteiger partial charge in [0.25, 0.3) is 0 Å². The molecule has 19 heavy (non-hydrogen) atoms. The molecule has 1 heterocycles. The van der Waals surface area contributed by atoms with Crippen LogP contribution in [-0.4, -0.2) is 30.6 Å². The van der Waals surface area contributed by atoms with E-state index in [0.717, 1.165) is 13.1 Å². The molecular formula is C15H20FN3. The molecule has 1 aromatic carbocycles. The summed E-state index contributed by atoms with van der Waals surface area (Å²) in [5.74, 6) is -0.301. The van der Waals surface area contributed by atoms with Gasteiger partial charge < -0.3 is 5.32 Å². The van der Waals surface area contributed by atoms with Crippen LogP contribution < -0.4 is 5.32 Å². The Morgan fingerprint density at radius 3 is 3.05 bits per heavy atom. The number of rotatable bonds is 5. The van der Waals surface area contributed by atoms with Gasteiger partial charge in [-0.15, -0.1) is 0 Å². The van der Waals surface area contributed by atoms with Gasteiger partial charge in [-0.25, -0.2) is 4.39 Å². The summed E-state index contributed by atoms with van der Waals surface area (Å²) in [5, 5.41) is 12.0. The van der Waals surface area contributed by atoms with E-state index < -0.39 is 0 Å². The van der Waals surface area contributed by atoms with Gasteiger partial charge in [0.05, 0.1) is 11.6 Å². The zero-order valence-electron chi connectivity index (χ0n) is 11.3. The summed E-state index contributed by atoms with van der Waals surface area (Å²) in [6.07, 6.45) is 2.47. The summed E-state index contributed by atoms with van der Waals surface area (Å²) >= 11 is 0. The van der Waals surface area contributed by atoms with Crippen LogP contribution in [0.15, 0.2) is 18.2 Å². The van der Waals surface area contributed by atoms with Crippen molar-refractivity contribution in [1.29, 1.82) is 5.26 Å². The standard InChI is InChI=1S/C15H20FN3/c1-2-19-7-3-4-14(19)11-18-10-13-6-5-12(9-17)8-15(13)16/h5-6,8,14,18H,2-4,7,10-11H2,1H3. The molecule has 3 nitrogen and oxygen atoms in total. The number of likely N-dealkylation sites (tertiary alicyclic amines) is 1. The van der Waals surface area contributed by atoms with E-state index in [1.807, 2.05) is 6.07 Å². The SMILES string of the molecule is CCN1CCCC1CNCc1ccc(C#N)cc1F. The van der Waals surface area contributed by atoms with Crippen LogP contribution >= 0.6 is 0 Å². The number of hydrogen-bond acceptors (Lipinski definition) is 3. The van der Waals surface area contributed by atoms with Crippen LogP contribution in [0.4, 0.5) is 4.39 Å².